The minimum absolute atomic E-state index is 0.192. The van der Waals surface area contributed by atoms with Crippen molar-refractivity contribution in [2.75, 3.05) is 12.5 Å². The second-order valence-corrected chi connectivity index (χ2v) is 5.93. The maximum Gasteiger partial charge on any atom is 0.340 e. The molecule has 0 aliphatic heterocycles. The van der Waals surface area contributed by atoms with Crippen molar-refractivity contribution in [1.29, 1.82) is 0 Å². The molecule has 0 unspecified atom stereocenters. The van der Waals surface area contributed by atoms with Crippen LogP contribution in [0.3, 0.4) is 0 Å². The molecule has 6 heteroatoms. The van der Waals surface area contributed by atoms with Crippen LogP contribution in [-0.2, 0) is 9.53 Å². The lowest BCUT2D eigenvalue weighted by molar-refractivity contribution is -0.113. The zero-order chi connectivity index (χ0) is 19.4. The number of carbonyl (C=O) groups is 2. The average molecular weight is 362 g/mol. The van der Waals surface area contributed by atoms with Crippen LogP contribution in [0.15, 0.2) is 71.2 Å². The lowest BCUT2D eigenvalue weighted by atomic mass is 10.1. The van der Waals surface area contributed by atoms with E-state index in [0.717, 1.165) is 10.2 Å². The van der Waals surface area contributed by atoms with Gasteiger partial charge in [0.2, 0.25) is 0 Å². The predicted molar refractivity (Wildman–Crippen MR) is 104 cm³/mol. The molecular weight excluding hydrogens is 344 g/mol. The fourth-order valence-electron chi connectivity index (χ4n) is 2.71. The molecule has 2 aromatic carbocycles. The molecule has 1 amide bonds. The van der Waals surface area contributed by atoms with Crippen molar-refractivity contribution in [2.24, 2.45) is 0 Å². The van der Waals surface area contributed by atoms with E-state index in [2.05, 4.69) is 5.43 Å². The van der Waals surface area contributed by atoms with Crippen LogP contribution in [-0.4, -0.2) is 23.7 Å². The van der Waals surface area contributed by atoms with Gasteiger partial charge >= 0.3 is 5.97 Å². The highest BCUT2D eigenvalue weighted by Crippen LogP contribution is 2.16. The molecule has 3 rings (SSSR count). The third-order valence-electron chi connectivity index (χ3n) is 4.09. The number of hydrogen-bond donors (Lipinski definition) is 1. The van der Waals surface area contributed by atoms with Gasteiger partial charge < -0.3 is 4.74 Å². The fraction of sp³-hybridized carbons (Fsp3) is 0.0952. The summed E-state index contributed by atoms with van der Waals surface area (Å²) in [5, 5.41) is 0.779. The maximum absolute atomic E-state index is 12.7. The highest BCUT2D eigenvalue weighted by atomic mass is 16.5. The number of benzene rings is 2. The third kappa shape index (κ3) is 3.79. The van der Waals surface area contributed by atoms with Crippen molar-refractivity contribution in [2.45, 2.75) is 6.92 Å². The molecule has 0 bridgehead atoms. The summed E-state index contributed by atoms with van der Waals surface area (Å²) in [6, 6.07) is 16.0. The first-order valence-corrected chi connectivity index (χ1v) is 8.28. The second kappa shape index (κ2) is 7.70. The molecule has 0 fully saturated rings. The van der Waals surface area contributed by atoms with E-state index >= 15 is 0 Å². The van der Waals surface area contributed by atoms with Gasteiger partial charge in [0, 0.05) is 22.5 Å². The number of pyridine rings is 1. The van der Waals surface area contributed by atoms with Crippen LogP contribution >= 0.6 is 0 Å². The molecule has 0 radical (unpaired) electrons. The number of methoxy groups -OCH3 is 1. The molecule has 6 nitrogen and oxygen atoms in total. The summed E-state index contributed by atoms with van der Waals surface area (Å²) in [4.78, 5) is 37.3. The van der Waals surface area contributed by atoms with E-state index in [4.69, 9.17) is 4.74 Å². The number of aromatic nitrogens is 1. The number of rotatable bonds is 4. The van der Waals surface area contributed by atoms with E-state index in [0.29, 0.717) is 16.3 Å². The summed E-state index contributed by atoms with van der Waals surface area (Å²) in [5.41, 5.74) is 3.58. The molecular formula is C21H18N2O4. The topological polar surface area (TPSA) is 77.4 Å². The second-order valence-electron chi connectivity index (χ2n) is 5.93. The predicted octanol–water partition coefficient (Wildman–Crippen LogP) is 2.96. The van der Waals surface area contributed by atoms with Gasteiger partial charge in [0.15, 0.2) is 0 Å². The molecule has 0 aliphatic carbocycles. The fourth-order valence-corrected chi connectivity index (χ4v) is 2.71. The molecule has 0 atom stereocenters. The number of carbonyl (C=O) groups excluding carboxylic acids is 2. The van der Waals surface area contributed by atoms with Gasteiger partial charge in [0.1, 0.15) is 0 Å². The first-order chi connectivity index (χ1) is 13.0. The Labute approximate surface area is 155 Å². The number of nitrogens with zero attached hydrogens (tertiary/aromatic N) is 1. The first kappa shape index (κ1) is 18.1. The third-order valence-corrected chi connectivity index (χ3v) is 4.09. The SMILES string of the molecule is COC(=O)c1cn(NC(=O)C(C)=Cc2ccccc2)c(=O)c2ccccc12. The Hall–Kier alpha value is -3.67. The van der Waals surface area contributed by atoms with Gasteiger partial charge in [0.25, 0.3) is 11.5 Å². The molecule has 0 saturated carbocycles. The van der Waals surface area contributed by atoms with Crippen molar-refractivity contribution in [3.63, 3.8) is 0 Å². The molecule has 0 saturated heterocycles. The van der Waals surface area contributed by atoms with Gasteiger partial charge in [-0.3, -0.25) is 15.0 Å². The molecule has 1 heterocycles. The number of esters is 1. The number of ether oxygens (including phenoxy) is 1. The van der Waals surface area contributed by atoms with Crippen LogP contribution in [0, 0.1) is 0 Å². The smallest absolute Gasteiger partial charge is 0.340 e. The van der Waals surface area contributed by atoms with Crippen LogP contribution in [0.1, 0.15) is 22.8 Å². The van der Waals surface area contributed by atoms with Crippen LogP contribution < -0.4 is 11.0 Å². The molecule has 27 heavy (non-hydrogen) atoms. The Morgan fingerprint density at radius 1 is 1.00 bits per heavy atom. The van der Waals surface area contributed by atoms with Crippen LogP contribution in [0.2, 0.25) is 0 Å². The number of nitrogens with one attached hydrogen (secondary N) is 1. The Kier molecular flexibility index (Phi) is 5.17. The molecule has 0 spiro atoms. The Balaban J connectivity index is 2.01. The highest BCUT2D eigenvalue weighted by molar-refractivity contribution is 6.05. The van der Waals surface area contributed by atoms with E-state index in [1.807, 2.05) is 30.3 Å². The maximum atomic E-state index is 12.7. The van der Waals surface area contributed by atoms with Gasteiger partial charge in [-0.2, -0.15) is 0 Å². The van der Waals surface area contributed by atoms with Crippen molar-refractivity contribution >= 4 is 28.7 Å². The highest BCUT2D eigenvalue weighted by Gasteiger charge is 2.16. The molecule has 136 valence electrons. The Morgan fingerprint density at radius 2 is 1.63 bits per heavy atom. The van der Waals surface area contributed by atoms with Crippen molar-refractivity contribution in [3.8, 4) is 0 Å². The largest absolute Gasteiger partial charge is 0.465 e. The molecule has 1 aromatic heterocycles. The van der Waals surface area contributed by atoms with E-state index < -0.39 is 17.4 Å². The van der Waals surface area contributed by atoms with Crippen molar-refractivity contribution < 1.29 is 14.3 Å². The summed E-state index contributed by atoms with van der Waals surface area (Å²) >= 11 is 0. The van der Waals surface area contributed by atoms with E-state index in [9.17, 15) is 14.4 Å². The Morgan fingerprint density at radius 3 is 2.30 bits per heavy atom. The van der Waals surface area contributed by atoms with Gasteiger partial charge in [-0.05, 0) is 24.6 Å². The molecule has 1 N–H and O–H groups in total. The quantitative estimate of drug-likeness (QED) is 0.572. The van der Waals surface area contributed by atoms with Gasteiger partial charge in [-0.15, -0.1) is 0 Å². The van der Waals surface area contributed by atoms with Gasteiger partial charge in [0.05, 0.1) is 12.7 Å². The minimum atomic E-state index is -0.592. The number of amides is 1. The standard InChI is InChI=1S/C21H18N2O4/c1-14(12-15-8-4-3-5-9-15)19(24)22-23-13-18(21(26)27-2)16-10-6-7-11-17(16)20(23)25/h3-13H,1-2H3,(H,22,24). The molecule has 0 aliphatic rings. The van der Waals surface area contributed by atoms with Crippen molar-refractivity contribution in [1.82, 2.24) is 4.68 Å². The van der Waals surface area contributed by atoms with Crippen LogP contribution in [0.4, 0.5) is 0 Å². The minimum Gasteiger partial charge on any atom is -0.465 e. The zero-order valence-corrected chi connectivity index (χ0v) is 14.9. The van der Waals surface area contributed by atoms with Crippen LogP contribution in [0.25, 0.3) is 16.8 Å². The lowest BCUT2D eigenvalue weighted by Crippen LogP contribution is -2.34. The monoisotopic (exact) mass is 362 g/mol. The van der Waals surface area contributed by atoms with Gasteiger partial charge in [-0.25, -0.2) is 9.47 Å². The zero-order valence-electron chi connectivity index (χ0n) is 14.9. The van der Waals surface area contributed by atoms with Crippen molar-refractivity contribution in [3.05, 3.63) is 87.8 Å². The van der Waals surface area contributed by atoms with E-state index in [1.165, 1.54) is 13.3 Å². The summed E-state index contributed by atoms with van der Waals surface area (Å²) in [5.74, 6) is -1.04. The van der Waals surface area contributed by atoms with Crippen LogP contribution in [0.5, 0.6) is 0 Å². The van der Waals surface area contributed by atoms with Gasteiger partial charge in [-0.1, -0.05) is 48.5 Å². The summed E-state index contributed by atoms with van der Waals surface area (Å²) in [6.07, 6.45) is 2.99. The first-order valence-electron chi connectivity index (χ1n) is 8.28. The number of hydrogen-bond acceptors (Lipinski definition) is 4. The average Bonchev–Trinajstić information content (AvgIpc) is 2.70. The van der Waals surface area contributed by atoms with E-state index in [1.54, 1.807) is 37.3 Å². The Bertz CT molecular complexity index is 1100. The summed E-state index contributed by atoms with van der Waals surface area (Å²) in [6.45, 7) is 1.65. The number of fused-ring (bicyclic) bond motifs is 1. The normalized spacial score (nSPS) is 11.3. The van der Waals surface area contributed by atoms with E-state index in [-0.39, 0.29) is 5.56 Å². The lowest BCUT2D eigenvalue weighted by Gasteiger charge is -2.12. The molecule has 3 aromatic rings. The summed E-state index contributed by atoms with van der Waals surface area (Å²) < 4.78 is 5.81. The summed E-state index contributed by atoms with van der Waals surface area (Å²) in [7, 11) is 1.26.